The van der Waals surface area contributed by atoms with Crippen LogP contribution in [0.25, 0.3) is 0 Å². The average molecular weight is 576 g/mol. The highest BCUT2D eigenvalue weighted by Gasteiger charge is 2.38. The summed E-state index contributed by atoms with van der Waals surface area (Å²) in [4.78, 5) is 48.8. The number of amides is 3. The Balaban J connectivity index is 0.000000587. The summed E-state index contributed by atoms with van der Waals surface area (Å²) in [7, 11) is 0. The van der Waals surface area contributed by atoms with E-state index in [2.05, 4.69) is 17.6 Å². The molecule has 1 heterocycles. The quantitative estimate of drug-likeness (QED) is 0.440. The lowest BCUT2D eigenvalue weighted by Gasteiger charge is -2.33. The lowest BCUT2D eigenvalue weighted by molar-refractivity contribution is -0.192. The molecule has 0 radical (unpaired) electrons. The van der Waals surface area contributed by atoms with Crippen LogP contribution in [0.3, 0.4) is 0 Å². The summed E-state index contributed by atoms with van der Waals surface area (Å²) in [6.07, 6.45) is 0.840. The van der Waals surface area contributed by atoms with Crippen molar-refractivity contribution >= 4 is 29.4 Å². The van der Waals surface area contributed by atoms with Crippen molar-refractivity contribution in [2.45, 2.75) is 64.6 Å². The summed E-state index contributed by atoms with van der Waals surface area (Å²) in [6.45, 7) is 5.43. The number of nitrogens with one attached hydrogen (secondary N) is 2. The lowest BCUT2D eigenvalue weighted by Crippen LogP contribution is -2.46. The van der Waals surface area contributed by atoms with Gasteiger partial charge in [-0.3, -0.25) is 14.4 Å². The number of carboxylic acid groups (broad SMARTS) is 1. The van der Waals surface area contributed by atoms with Gasteiger partial charge >= 0.3 is 12.1 Å². The molecular weight excluding hydrogens is 539 g/mol. The van der Waals surface area contributed by atoms with Gasteiger partial charge in [0.15, 0.2) is 0 Å². The number of anilines is 1. The smallest absolute Gasteiger partial charge is 0.475 e. The second-order valence-corrected chi connectivity index (χ2v) is 10.7. The number of piperidine rings is 1. The minimum Gasteiger partial charge on any atom is -0.475 e. The highest BCUT2D eigenvalue weighted by molar-refractivity contribution is 6.04. The number of carbonyl (C=O) groups is 4. The number of carboxylic acids is 1. The normalized spacial score (nSPS) is 19.4. The van der Waals surface area contributed by atoms with Crippen LogP contribution in [-0.2, 0) is 9.59 Å². The maximum absolute atomic E-state index is 12.9. The molecule has 0 atom stereocenters. The molecule has 11 heteroatoms. The molecule has 4 rings (SSSR count). The number of hydrogen-bond donors (Lipinski definition) is 3. The van der Waals surface area contributed by atoms with E-state index < -0.39 is 12.1 Å². The van der Waals surface area contributed by atoms with E-state index in [1.54, 1.807) is 36.4 Å². The summed E-state index contributed by atoms with van der Waals surface area (Å²) in [5.74, 6) is -2.06. The fraction of sp³-hybridized carbons (Fsp3) is 0.467. The lowest BCUT2D eigenvalue weighted by atomic mass is 9.86. The van der Waals surface area contributed by atoms with Gasteiger partial charge in [-0.25, -0.2) is 4.79 Å². The third-order valence-electron chi connectivity index (χ3n) is 7.46. The number of benzene rings is 2. The number of rotatable bonds is 5. The van der Waals surface area contributed by atoms with Gasteiger partial charge < -0.3 is 20.6 Å². The number of halogens is 3. The number of hydrogen-bond acceptors (Lipinski definition) is 4. The number of aryl methyl sites for hydroxylation is 1. The molecule has 8 nitrogen and oxygen atoms in total. The summed E-state index contributed by atoms with van der Waals surface area (Å²) < 4.78 is 31.7. The first-order chi connectivity index (χ1) is 19.3. The first-order valence-corrected chi connectivity index (χ1v) is 13.7. The monoisotopic (exact) mass is 575 g/mol. The predicted molar refractivity (Wildman–Crippen MR) is 147 cm³/mol. The Bertz CT molecular complexity index is 1200. The molecule has 0 aromatic heterocycles. The Labute approximate surface area is 237 Å². The van der Waals surface area contributed by atoms with Gasteiger partial charge in [-0.1, -0.05) is 24.6 Å². The van der Waals surface area contributed by atoms with E-state index in [0.29, 0.717) is 48.8 Å². The SMILES string of the molecule is Cc1ccc(C(=O)Nc2ccc(C(=O)N3CCC(C(=O)NC4CCC(C)CC4)CC3)cc2)cc1.O=C(O)C(F)(F)F. The summed E-state index contributed by atoms with van der Waals surface area (Å²) in [5, 5.41) is 13.2. The van der Waals surface area contributed by atoms with Crippen molar-refractivity contribution in [3.05, 3.63) is 65.2 Å². The van der Waals surface area contributed by atoms with Crippen molar-refractivity contribution in [2.24, 2.45) is 11.8 Å². The standard InChI is InChI=1S/C28H35N3O3.C2HF3O2/c1-19-3-7-21(8-4-19)26(32)30-25-13-9-23(10-14-25)28(34)31-17-15-22(16-18-31)27(33)29-24-11-5-20(2)6-12-24;3-2(4,5)1(6)7/h3-4,7-10,13-14,20,22,24H,5-6,11-12,15-18H2,1-2H3,(H,29,33)(H,30,32);(H,6,7). The van der Waals surface area contributed by atoms with E-state index in [1.807, 2.05) is 24.0 Å². The molecule has 2 aromatic rings. The molecule has 0 bridgehead atoms. The van der Waals surface area contributed by atoms with Gasteiger partial charge in [0.25, 0.3) is 11.8 Å². The molecule has 1 aliphatic heterocycles. The third kappa shape index (κ3) is 9.61. The number of aliphatic carboxylic acids is 1. The van der Waals surface area contributed by atoms with Gasteiger partial charge in [0.05, 0.1) is 0 Å². The average Bonchev–Trinajstić information content (AvgIpc) is 2.94. The second kappa shape index (κ2) is 14.1. The molecule has 3 amide bonds. The summed E-state index contributed by atoms with van der Waals surface area (Å²) in [6, 6.07) is 14.7. The fourth-order valence-electron chi connectivity index (χ4n) is 4.86. The van der Waals surface area contributed by atoms with Gasteiger partial charge in [0.2, 0.25) is 5.91 Å². The highest BCUT2D eigenvalue weighted by atomic mass is 19.4. The van der Waals surface area contributed by atoms with E-state index in [0.717, 1.165) is 24.3 Å². The minimum absolute atomic E-state index is 0.0113. The molecule has 222 valence electrons. The number of alkyl halides is 3. The van der Waals surface area contributed by atoms with E-state index in [-0.39, 0.29) is 23.6 Å². The largest absolute Gasteiger partial charge is 0.490 e. The molecule has 1 saturated carbocycles. The topological polar surface area (TPSA) is 116 Å². The highest BCUT2D eigenvalue weighted by Crippen LogP contribution is 2.25. The number of carbonyl (C=O) groups excluding carboxylic acids is 3. The van der Waals surface area contributed by atoms with Crippen molar-refractivity contribution in [1.29, 1.82) is 0 Å². The Hall–Kier alpha value is -3.89. The summed E-state index contributed by atoms with van der Waals surface area (Å²) >= 11 is 0. The van der Waals surface area contributed by atoms with Gasteiger partial charge in [-0.05, 0) is 87.8 Å². The summed E-state index contributed by atoms with van der Waals surface area (Å²) in [5.41, 5.74) is 2.93. The predicted octanol–water partition coefficient (Wildman–Crippen LogP) is 5.43. The van der Waals surface area contributed by atoms with Crippen LogP contribution in [0.5, 0.6) is 0 Å². The van der Waals surface area contributed by atoms with Crippen LogP contribution in [0, 0.1) is 18.8 Å². The minimum atomic E-state index is -5.08. The number of nitrogens with zero attached hydrogens (tertiary/aromatic N) is 1. The Kier molecular flexibility index (Phi) is 10.9. The van der Waals surface area contributed by atoms with E-state index in [4.69, 9.17) is 9.90 Å². The van der Waals surface area contributed by atoms with E-state index in [9.17, 15) is 27.6 Å². The Morgan fingerprint density at radius 1 is 0.829 bits per heavy atom. The van der Waals surface area contributed by atoms with Crippen molar-refractivity contribution in [1.82, 2.24) is 10.2 Å². The maximum atomic E-state index is 12.9. The molecule has 2 aliphatic rings. The molecular formula is C30H36F3N3O5. The fourth-order valence-corrected chi connectivity index (χ4v) is 4.86. The molecule has 3 N–H and O–H groups in total. The molecule has 0 unspecified atom stereocenters. The second-order valence-electron chi connectivity index (χ2n) is 10.7. The van der Waals surface area contributed by atoms with E-state index >= 15 is 0 Å². The zero-order chi connectivity index (χ0) is 30.2. The van der Waals surface area contributed by atoms with E-state index in [1.165, 1.54) is 12.8 Å². The van der Waals surface area contributed by atoms with Crippen LogP contribution in [0.2, 0.25) is 0 Å². The molecule has 1 saturated heterocycles. The van der Waals surface area contributed by atoms with Gasteiger partial charge in [-0.2, -0.15) is 13.2 Å². The van der Waals surface area contributed by atoms with Crippen LogP contribution in [0.15, 0.2) is 48.5 Å². The van der Waals surface area contributed by atoms with Crippen LogP contribution >= 0.6 is 0 Å². The Morgan fingerprint density at radius 3 is 1.85 bits per heavy atom. The molecule has 0 spiro atoms. The third-order valence-corrected chi connectivity index (χ3v) is 7.46. The maximum Gasteiger partial charge on any atom is 0.490 e. The van der Waals surface area contributed by atoms with Crippen LogP contribution < -0.4 is 10.6 Å². The zero-order valence-corrected chi connectivity index (χ0v) is 23.2. The molecule has 2 aromatic carbocycles. The van der Waals surface area contributed by atoms with Crippen molar-refractivity contribution < 1.29 is 37.5 Å². The molecule has 41 heavy (non-hydrogen) atoms. The molecule has 2 fully saturated rings. The van der Waals surface area contributed by atoms with Crippen molar-refractivity contribution in [3.8, 4) is 0 Å². The van der Waals surface area contributed by atoms with Crippen LogP contribution in [-0.4, -0.2) is 59.0 Å². The van der Waals surface area contributed by atoms with Gasteiger partial charge in [-0.15, -0.1) is 0 Å². The number of likely N-dealkylation sites (tertiary alicyclic amines) is 1. The zero-order valence-electron chi connectivity index (χ0n) is 23.2. The molecule has 1 aliphatic carbocycles. The van der Waals surface area contributed by atoms with Gasteiger partial charge in [0, 0.05) is 41.9 Å². The van der Waals surface area contributed by atoms with Crippen molar-refractivity contribution in [2.75, 3.05) is 18.4 Å². The van der Waals surface area contributed by atoms with Crippen molar-refractivity contribution in [3.63, 3.8) is 0 Å². The Morgan fingerprint density at radius 2 is 1.34 bits per heavy atom. The van der Waals surface area contributed by atoms with Crippen LogP contribution in [0.4, 0.5) is 18.9 Å². The first-order valence-electron chi connectivity index (χ1n) is 13.7. The first kappa shape index (κ1) is 31.6. The van der Waals surface area contributed by atoms with Crippen LogP contribution in [0.1, 0.15) is 71.7 Å². The van der Waals surface area contributed by atoms with Gasteiger partial charge in [0.1, 0.15) is 0 Å².